The maximum Gasteiger partial charge on any atom is 0.131 e. The predicted molar refractivity (Wildman–Crippen MR) is 70.7 cm³/mol. The molecule has 18 heavy (non-hydrogen) atoms. The summed E-state index contributed by atoms with van der Waals surface area (Å²) in [6.45, 7) is 3.78. The minimum atomic E-state index is 0.286. The van der Waals surface area contributed by atoms with Crippen LogP contribution in [0, 0.1) is 0 Å². The van der Waals surface area contributed by atoms with Crippen LogP contribution in [0.4, 0.5) is 0 Å². The zero-order chi connectivity index (χ0) is 13.0. The van der Waals surface area contributed by atoms with Crippen molar-refractivity contribution in [3.8, 4) is 17.2 Å². The normalized spacial score (nSPS) is 18.5. The Bertz CT molecular complexity index is 406. The molecular formula is C14H21NO3. The van der Waals surface area contributed by atoms with Gasteiger partial charge in [-0.15, -0.1) is 0 Å². The molecule has 100 valence electrons. The van der Waals surface area contributed by atoms with E-state index in [2.05, 4.69) is 12.2 Å². The lowest BCUT2D eigenvalue weighted by atomic mass is 10.0. The van der Waals surface area contributed by atoms with Crippen LogP contribution in [0.1, 0.15) is 31.4 Å². The van der Waals surface area contributed by atoms with Crippen LogP contribution in [0.25, 0.3) is 0 Å². The van der Waals surface area contributed by atoms with Crippen molar-refractivity contribution in [2.45, 2.75) is 25.8 Å². The Balaban J connectivity index is 2.46. The first kappa shape index (κ1) is 13.0. The van der Waals surface area contributed by atoms with Crippen molar-refractivity contribution in [3.63, 3.8) is 0 Å². The zero-order valence-corrected chi connectivity index (χ0v) is 11.3. The molecule has 1 aliphatic heterocycles. The minimum absolute atomic E-state index is 0.286. The molecule has 0 saturated carbocycles. The van der Waals surface area contributed by atoms with E-state index in [1.54, 1.807) is 14.2 Å². The Morgan fingerprint density at radius 2 is 2.17 bits per heavy atom. The van der Waals surface area contributed by atoms with E-state index in [1.807, 2.05) is 12.1 Å². The Morgan fingerprint density at radius 1 is 1.33 bits per heavy atom. The van der Waals surface area contributed by atoms with E-state index < -0.39 is 0 Å². The van der Waals surface area contributed by atoms with Crippen LogP contribution in [-0.4, -0.2) is 27.4 Å². The average molecular weight is 251 g/mol. The van der Waals surface area contributed by atoms with E-state index in [-0.39, 0.29) is 6.04 Å². The number of ether oxygens (including phenoxy) is 3. The second-order valence-corrected chi connectivity index (χ2v) is 4.34. The molecule has 0 aliphatic carbocycles. The third kappa shape index (κ3) is 2.53. The number of rotatable bonds is 4. The van der Waals surface area contributed by atoms with Crippen LogP contribution in [0.3, 0.4) is 0 Å². The van der Waals surface area contributed by atoms with Gasteiger partial charge in [0.15, 0.2) is 0 Å². The summed E-state index contributed by atoms with van der Waals surface area (Å²) in [6.07, 6.45) is 2.10. The van der Waals surface area contributed by atoms with Gasteiger partial charge in [0.25, 0.3) is 0 Å². The maximum absolute atomic E-state index is 5.81. The molecule has 0 radical (unpaired) electrons. The summed E-state index contributed by atoms with van der Waals surface area (Å²) in [5.74, 6) is 2.47. The average Bonchev–Trinajstić information content (AvgIpc) is 2.60. The number of hydrogen-bond donors (Lipinski definition) is 1. The predicted octanol–water partition coefficient (Wildman–Crippen LogP) is 2.53. The van der Waals surface area contributed by atoms with Crippen LogP contribution >= 0.6 is 0 Å². The summed E-state index contributed by atoms with van der Waals surface area (Å²) < 4.78 is 16.6. The summed E-state index contributed by atoms with van der Waals surface area (Å²) in [5, 5.41) is 3.49. The van der Waals surface area contributed by atoms with E-state index >= 15 is 0 Å². The first-order valence-electron chi connectivity index (χ1n) is 6.42. The van der Waals surface area contributed by atoms with Crippen molar-refractivity contribution in [3.05, 3.63) is 17.7 Å². The molecule has 1 N–H and O–H groups in total. The molecule has 4 nitrogen and oxygen atoms in total. The quantitative estimate of drug-likeness (QED) is 0.892. The summed E-state index contributed by atoms with van der Waals surface area (Å²) in [7, 11) is 3.34. The first-order chi connectivity index (χ1) is 8.80. The fourth-order valence-corrected chi connectivity index (χ4v) is 2.39. The van der Waals surface area contributed by atoms with Crippen molar-refractivity contribution >= 4 is 0 Å². The molecule has 4 heteroatoms. The molecule has 0 bridgehead atoms. The Hall–Kier alpha value is -1.42. The first-order valence-corrected chi connectivity index (χ1v) is 6.42. The lowest BCUT2D eigenvalue weighted by molar-refractivity contribution is 0.311. The van der Waals surface area contributed by atoms with Gasteiger partial charge < -0.3 is 19.5 Å². The lowest BCUT2D eigenvalue weighted by Gasteiger charge is -2.21. The molecule has 1 heterocycles. The summed E-state index contributed by atoms with van der Waals surface area (Å²) in [6, 6.07) is 4.14. The Labute approximate surface area is 108 Å². The highest BCUT2D eigenvalue weighted by Crippen LogP contribution is 2.41. The molecule has 1 atom stereocenters. The molecule has 1 unspecified atom stereocenters. The molecule has 1 aromatic carbocycles. The standard InChI is InChI=1S/C14H21NO3/c1-4-15-11-6-5-7-18-13-9-10(16-2)8-12(17-3)14(11)13/h8-9,11,15H,4-7H2,1-3H3. The second kappa shape index (κ2) is 5.96. The molecule has 0 saturated heterocycles. The van der Waals surface area contributed by atoms with Gasteiger partial charge in [-0.3, -0.25) is 0 Å². The molecule has 0 amide bonds. The van der Waals surface area contributed by atoms with Gasteiger partial charge in [0, 0.05) is 18.2 Å². The third-order valence-corrected chi connectivity index (χ3v) is 3.23. The van der Waals surface area contributed by atoms with Gasteiger partial charge in [0.2, 0.25) is 0 Å². The van der Waals surface area contributed by atoms with Crippen molar-refractivity contribution in [2.24, 2.45) is 0 Å². The van der Waals surface area contributed by atoms with Crippen LogP contribution in [-0.2, 0) is 0 Å². The topological polar surface area (TPSA) is 39.7 Å². The smallest absolute Gasteiger partial charge is 0.131 e. The van der Waals surface area contributed by atoms with Gasteiger partial charge in [0.1, 0.15) is 17.2 Å². The minimum Gasteiger partial charge on any atom is -0.496 e. The highest BCUT2D eigenvalue weighted by molar-refractivity contribution is 5.52. The van der Waals surface area contributed by atoms with E-state index in [1.165, 1.54) is 0 Å². The number of fused-ring (bicyclic) bond motifs is 1. The molecular weight excluding hydrogens is 230 g/mol. The Kier molecular flexibility index (Phi) is 4.31. The number of hydrogen-bond acceptors (Lipinski definition) is 4. The SMILES string of the molecule is CCNC1CCCOc2cc(OC)cc(OC)c21. The zero-order valence-electron chi connectivity index (χ0n) is 11.3. The molecule has 0 spiro atoms. The van der Waals surface area contributed by atoms with Gasteiger partial charge in [-0.1, -0.05) is 6.92 Å². The fourth-order valence-electron chi connectivity index (χ4n) is 2.39. The lowest BCUT2D eigenvalue weighted by Crippen LogP contribution is -2.21. The van der Waals surface area contributed by atoms with Crippen LogP contribution in [0.15, 0.2) is 12.1 Å². The van der Waals surface area contributed by atoms with Gasteiger partial charge >= 0.3 is 0 Å². The van der Waals surface area contributed by atoms with Crippen molar-refractivity contribution in [2.75, 3.05) is 27.4 Å². The summed E-state index contributed by atoms with van der Waals surface area (Å²) in [4.78, 5) is 0. The molecule has 2 rings (SSSR count). The molecule has 0 fully saturated rings. The van der Waals surface area contributed by atoms with Gasteiger partial charge in [-0.2, -0.15) is 0 Å². The number of benzene rings is 1. The maximum atomic E-state index is 5.81. The van der Waals surface area contributed by atoms with Gasteiger partial charge in [-0.05, 0) is 19.4 Å². The van der Waals surface area contributed by atoms with Crippen molar-refractivity contribution < 1.29 is 14.2 Å². The highest BCUT2D eigenvalue weighted by atomic mass is 16.5. The van der Waals surface area contributed by atoms with Crippen LogP contribution in [0.2, 0.25) is 0 Å². The van der Waals surface area contributed by atoms with Crippen molar-refractivity contribution in [1.82, 2.24) is 5.32 Å². The largest absolute Gasteiger partial charge is 0.496 e. The molecule has 1 aliphatic rings. The van der Waals surface area contributed by atoms with Gasteiger partial charge in [-0.25, -0.2) is 0 Å². The number of nitrogens with one attached hydrogen (secondary N) is 1. The summed E-state index contributed by atoms with van der Waals surface area (Å²) in [5.41, 5.74) is 1.11. The highest BCUT2D eigenvalue weighted by Gasteiger charge is 2.24. The van der Waals surface area contributed by atoms with E-state index in [9.17, 15) is 0 Å². The molecule has 1 aromatic rings. The van der Waals surface area contributed by atoms with E-state index in [0.29, 0.717) is 0 Å². The second-order valence-electron chi connectivity index (χ2n) is 4.34. The fraction of sp³-hybridized carbons (Fsp3) is 0.571. The van der Waals surface area contributed by atoms with Crippen LogP contribution < -0.4 is 19.5 Å². The van der Waals surface area contributed by atoms with Crippen LogP contribution in [0.5, 0.6) is 17.2 Å². The number of methoxy groups -OCH3 is 2. The monoisotopic (exact) mass is 251 g/mol. The van der Waals surface area contributed by atoms with E-state index in [0.717, 1.165) is 48.8 Å². The van der Waals surface area contributed by atoms with Gasteiger partial charge in [0.05, 0.1) is 26.4 Å². The summed E-state index contributed by atoms with van der Waals surface area (Å²) >= 11 is 0. The molecule has 0 aromatic heterocycles. The Morgan fingerprint density at radius 3 is 2.83 bits per heavy atom. The third-order valence-electron chi connectivity index (χ3n) is 3.23. The van der Waals surface area contributed by atoms with E-state index in [4.69, 9.17) is 14.2 Å². The van der Waals surface area contributed by atoms with Crippen molar-refractivity contribution in [1.29, 1.82) is 0 Å².